The number of hydrogen-bond acceptors (Lipinski definition) is 3. The number of carbonyl (C=O) groups excluding carboxylic acids is 1. The van der Waals surface area contributed by atoms with Crippen molar-refractivity contribution in [2.45, 2.75) is 19.5 Å². The molecule has 7 nitrogen and oxygen atoms in total. The van der Waals surface area contributed by atoms with Gasteiger partial charge in [-0.2, -0.15) is 0 Å². The number of nitrogens with zero attached hydrogens (tertiary/aromatic N) is 1. The topological polar surface area (TPSA) is 96.0 Å². The third-order valence-electron chi connectivity index (χ3n) is 3.19. The monoisotopic (exact) mass is 338 g/mol. The van der Waals surface area contributed by atoms with Crippen LogP contribution in [0.15, 0.2) is 46.1 Å². The number of amides is 2. The van der Waals surface area contributed by atoms with E-state index >= 15 is 0 Å². The van der Waals surface area contributed by atoms with E-state index in [-0.39, 0.29) is 25.2 Å². The summed E-state index contributed by atoms with van der Waals surface area (Å²) in [6.45, 7) is 0.448. The fourth-order valence-electron chi connectivity index (χ4n) is 1.99. The number of carbonyl (C=O) groups is 1. The quantitative estimate of drug-likeness (QED) is 0.732. The smallest absolute Gasteiger partial charge is 0.328 e. The second-order valence-corrected chi connectivity index (χ2v) is 4.96. The molecule has 0 saturated carbocycles. The number of aromatic amines is 1. The van der Waals surface area contributed by atoms with Crippen molar-refractivity contribution in [1.29, 1.82) is 0 Å². The Labute approximate surface area is 135 Å². The van der Waals surface area contributed by atoms with E-state index < -0.39 is 23.7 Å². The number of rotatable bonds is 6. The zero-order valence-corrected chi connectivity index (χ0v) is 12.6. The number of nitrogens with one attached hydrogen (secondary N) is 3. The second-order valence-electron chi connectivity index (χ2n) is 4.96. The first-order valence-electron chi connectivity index (χ1n) is 7.14. The number of H-pyrrole nitrogens is 1. The number of hydrogen-bond donors (Lipinski definition) is 3. The van der Waals surface area contributed by atoms with Crippen molar-refractivity contribution >= 4 is 6.03 Å². The van der Waals surface area contributed by atoms with Gasteiger partial charge < -0.3 is 10.6 Å². The van der Waals surface area contributed by atoms with Gasteiger partial charge >= 0.3 is 11.7 Å². The number of urea groups is 1. The van der Waals surface area contributed by atoms with Crippen LogP contribution in [0.1, 0.15) is 17.6 Å². The Morgan fingerprint density at radius 2 is 2.00 bits per heavy atom. The largest absolute Gasteiger partial charge is 0.336 e. The molecular formula is C15H16F2N4O3. The fourth-order valence-corrected chi connectivity index (χ4v) is 1.99. The van der Waals surface area contributed by atoms with Crippen molar-refractivity contribution in [3.8, 4) is 0 Å². The molecule has 3 N–H and O–H groups in total. The van der Waals surface area contributed by atoms with Gasteiger partial charge in [0.2, 0.25) is 0 Å². The van der Waals surface area contributed by atoms with Crippen LogP contribution >= 0.6 is 0 Å². The molecular weight excluding hydrogens is 322 g/mol. The van der Waals surface area contributed by atoms with Crippen molar-refractivity contribution in [3.05, 3.63) is 68.5 Å². The molecule has 2 rings (SSSR count). The molecule has 0 atom stereocenters. The summed E-state index contributed by atoms with van der Waals surface area (Å²) in [5.41, 5.74) is -0.603. The van der Waals surface area contributed by atoms with Gasteiger partial charge in [0, 0.05) is 37.5 Å². The molecule has 0 aliphatic rings. The molecule has 2 aromatic rings. The summed E-state index contributed by atoms with van der Waals surface area (Å²) in [7, 11) is 0. The number of halogens is 2. The lowest BCUT2D eigenvalue weighted by Gasteiger charge is -2.09. The summed E-state index contributed by atoms with van der Waals surface area (Å²) in [6, 6.07) is 6.48. The molecule has 0 fully saturated rings. The summed E-state index contributed by atoms with van der Waals surface area (Å²) < 4.78 is 26.4. The summed E-state index contributed by atoms with van der Waals surface area (Å²) in [5, 5.41) is 5.07. The van der Waals surface area contributed by atoms with Crippen molar-refractivity contribution in [2.24, 2.45) is 0 Å². The first-order valence-corrected chi connectivity index (χ1v) is 7.14. The van der Waals surface area contributed by atoms with Crippen LogP contribution in [0, 0.1) is 0 Å². The lowest BCUT2D eigenvalue weighted by molar-refractivity contribution is 0.151. The molecule has 9 heteroatoms. The first-order chi connectivity index (χ1) is 11.5. The minimum atomic E-state index is -2.56. The Morgan fingerprint density at radius 3 is 2.71 bits per heavy atom. The zero-order valence-electron chi connectivity index (χ0n) is 12.6. The highest BCUT2D eigenvalue weighted by Crippen LogP contribution is 2.19. The summed E-state index contributed by atoms with van der Waals surface area (Å²) >= 11 is 0. The molecule has 1 aromatic heterocycles. The average Bonchev–Trinajstić information content (AvgIpc) is 2.55. The highest BCUT2D eigenvalue weighted by molar-refractivity contribution is 5.73. The third kappa shape index (κ3) is 5.04. The van der Waals surface area contributed by atoms with Crippen LogP contribution in [0.3, 0.4) is 0 Å². The first kappa shape index (κ1) is 17.4. The van der Waals surface area contributed by atoms with E-state index in [1.165, 1.54) is 35.0 Å². The Bertz CT molecular complexity index is 817. The van der Waals surface area contributed by atoms with Crippen LogP contribution in [-0.4, -0.2) is 22.1 Å². The predicted molar refractivity (Wildman–Crippen MR) is 83.0 cm³/mol. The minimum absolute atomic E-state index is 0.102. The van der Waals surface area contributed by atoms with Gasteiger partial charge in [0.1, 0.15) is 0 Å². The lowest BCUT2D eigenvalue weighted by atomic mass is 10.1. The van der Waals surface area contributed by atoms with Crippen LogP contribution in [0.4, 0.5) is 13.6 Å². The van der Waals surface area contributed by atoms with Gasteiger partial charge in [-0.25, -0.2) is 18.4 Å². The van der Waals surface area contributed by atoms with E-state index in [4.69, 9.17) is 0 Å². The molecule has 1 heterocycles. The third-order valence-corrected chi connectivity index (χ3v) is 3.19. The summed E-state index contributed by atoms with van der Waals surface area (Å²) in [5.74, 6) is 0. The van der Waals surface area contributed by atoms with Crippen LogP contribution in [0.25, 0.3) is 0 Å². The lowest BCUT2D eigenvalue weighted by Crippen LogP contribution is -2.38. The van der Waals surface area contributed by atoms with E-state index in [1.807, 2.05) is 0 Å². The van der Waals surface area contributed by atoms with E-state index in [2.05, 4.69) is 15.6 Å². The van der Waals surface area contributed by atoms with Gasteiger partial charge in [-0.3, -0.25) is 14.3 Å². The zero-order chi connectivity index (χ0) is 17.5. The number of benzene rings is 1. The van der Waals surface area contributed by atoms with Crippen molar-refractivity contribution < 1.29 is 13.6 Å². The van der Waals surface area contributed by atoms with Gasteiger partial charge in [0.05, 0.1) is 0 Å². The number of alkyl halides is 2. The maximum absolute atomic E-state index is 12.6. The van der Waals surface area contributed by atoms with Gasteiger partial charge in [-0.05, 0) is 11.6 Å². The maximum atomic E-state index is 12.6. The maximum Gasteiger partial charge on any atom is 0.328 e. The standard InChI is InChI=1S/C15H16F2N4O3/c16-13(17)11-3-1-2-10(8-11)9-19-14(23)18-5-7-21-6-4-12(22)20-15(21)24/h1-4,6,8,13H,5,7,9H2,(H2,18,19,23)(H,20,22,24). The van der Waals surface area contributed by atoms with Crippen molar-refractivity contribution in [1.82, 2.24) is 20.2 Å². The van der Waals surface area contributed by atoms with Gasteiger partial charge in [0.25, 0.3) is 12.0 Å². The Balaban J connectivity index is 1.78. The van der Waals surface area contributed by atoms with Crippen molar-refractivity contribution in [2.75, 3.05) is 6.54 Å². The molecule has 0 saturated heterocycles. The van der Waals surface area contributed by atoms with Crippen LogP contribution in [0.2, 0.25) is 0 Å². The van der Waals surface area contributed by atoms with Crippen LogP contribution in [-0.2, 0) is 13.1 Å². The van der Waals surface area contributed by atoms with Gasteiger partial charge in [0.15, 0.2) is 0 Å². The highest BCUT2D eigenvalue weighted by atomic mass is 19.3. The Morgan fingerprint density at radius 1 is 1.21 bits per heavy atom. The molecule has 128 valence electrons. The summed E-state index contributed by atoms with van der Waals surface area (Å²) in [6.07, 6.45) is -1.23. The molecule has 0 aliphatic carbocycles. The minimum Gasteiger partial charge on any atom is -0.336 e. The predicted octanol–water partition coefficient (Wildman–Crippen LogP) is 0.974. The molecule has 2 amide bonds. The molecule has 0 radical (unpaired) electrons. The van der Waals surface area contributed by atoms with Gasteiger partial charge in [-0.15, -0.1) is 0 Å². The Hall–Kier alpha value is -2.97. The van der Waals surface area contributed by atoms with E-state index in [9.17, 15) is 23.2 Å². The molecule has 0 bridgehead atoms. The Kier molecular flexibility index (Phi) is 5.83. The number of aromatic nitrogens is 2. The van der Waals surface area contributed by atoms with Crippen molar-refractivity contribution in [3.63, 3.8) is 0 Å². The fraction of sp³-hybridized carbons (Fsp3) is 0.267. The SMILES string of the molecule is O=C(NCCn1ccc(=O)[nH]c1=O)NCc1cccc(C(F)F)c1. The molecule has 0 unspecified atom stereocenters. The van der Waals surface area contributed by atoms with E-state index in [0.29, 0.717) is 5.56 Å². The van der Waals surface area contributed by atoms with Crippen LogP contribution < -0.4 is 21.9 Å². The molecule has 24 heavy (non-hydrogen) atoms. The molecule has 0 spiro atoms. The molecule has 0 aliphatic heterocycles. The summed E-state index contributed by atoms with van der Waals surface area (Å²) in [4.78, 5) is 36.1. The van der Waals surface area contributed by atoms with E-state index in [0.717, 1.165) is 0 Å². The second kappa shape index (κ2) is 8.04. The highest BCUT2D eigenvalue weighted by Gasteiger charge is 2.07. The normalized spacial score (nSPS) is 10.6. The van der Waals surface area contributed by atoms with Crippen LogP contribution in [0.5, 0.6) is 0 Å². The average molecular weight is 338 g/mol. The van der Waals surface area contributed by atoms with E-state index in [1.54, 1.807) is 6.07 Å². The molecule has 1 aromatic carbocycles. The van der Waals surface area contributed by atoms with Gasteiger partial charge in [-0.1, -0.05) is 18.2 Å².